The molecule has 1 amide bonds. The maximum Gasteiger partial charge on any atom is 0.222 e. The minimum Gasteiger partial charge on any atom is -0.466 e. The third-order valence-electron chi connectivity index (χ3n) is 3.50. The van der Waals surface area contributed by atoms with E-state index in [1.807, 2.05) is 31.0 Å². The zero-order valence-corrected chi connectivity index (χ0v) is 11.2. The minimum absolute atomic E-state index is 0.205. The van der Waals surface area contributed by atoms with Gasteiger partial charge in [-0.05, 0) is 44.5 Å². The van der Waals surface area contributed by atoms with Gasteiger partial charge in [0.1, 0.15) is 11.5 Å². The van der Waals surface area contributed by atoms with E-state index >= 15 is 0 Å². The summed E-state index contributed by atoms with van der Waals surface area (Å²) in [6.45, 7) is 4.90. The van der Waals surface area contributed by atoms with E-state index in [9.17, 15) is 4.79 Å². The highest BCUT2D eigenvalue weighted by atomic mass is 16.3. The predicted molar refractivity (Wildman–Crippen MR) is 70.4 cm³/mol. The smallest absolute Gasteiger partial charge is 0.222 e. The molecule has 4 heteroatoms. The second kappa shape index (κ2) is 6.05. The molecule has 1 N–H and O–H groups in total. The number of carbonyl (C=O) groups is 1. The Kier molecular flexibility index (Phi) is 4.42. The van der Waals surface area contributed by atoms with Crippen LogP contribution in [-0.2, 0) is 11.2 Å². The molecule has 4 nitrogen and oxygen atoms in total. The van der Waals surface area contributed by atoms with Gasteiger partial charge in [-0.15, -0.1) is 0 Å². The summed E-state index contributed by atoms with van der Waals surface area (Å²) in [6, 6.07) is 3.89. The summed E-state index contributed by atoms with van der Waals surface area (Å²) in [7, 11) is 1.90. The van der Waals surface area contributed by atoms with Crippen molar-refractivity contribution in [1.82, 2.24) is 10.2 Å². The van der Waals surface area contributed by atoms with Crippen LogP contribution in [-0.4, -0.2) is 37.5 Å². The number of hydrogen-bond donors (Lipinski definition) is 1. The van der Waals surface area contributed by atoms with Crippen LogP contribution in [0.4, 0.5) is 0 Å². The molecular formula is C14H22N2O2. The molecule has 1 aromatic heterocycles. The van der Waals surface area contributed by atoms with Crippen molar-refractivity contribution in [1.29, 1.82) is 0 Å². The molecule has 1 aromatic rings. The van der Waals surface area contributed by atoms with Gasteiger partial charge in [0.15, 0.2) is 0 Å². The normalized spacial score (nSPS) is 19.1. The highest BCUT2D eigenvalue weighted by Gasteiger charge is 2.19. The van der Waals surface area contributed by atoms with E-state index in [-0.39, 0.29) is 5.91 Å². The van der Waals surface area contributed by atoms with Crippen LogP contribution in [0.15, 0.2) is 16.5 Å². The van der Waals surface area contributed by atoms with Gasteiger partial charge in [-0.2, -0.15) is 0 Å². The van der Waals surface area contributed by atoms with E-state index in [0.29, 0.717) is 18.8 Å². The standard InChI is InChI=1S/C14H22N2O2/c1-11-3-4-13(18-11)5-6-14(17)16(2)10-12-7-8-15-9-12/h3-4,12,15H,5-10H2,1-2H3. The molecular weight excluding hydrogens is 228 g/mol. The van der Waals surface area contributed by atoms with Crippen molar-refractivity contribution in [3.05, 3.63) is 23.7 Å². The Balaban J connectivity index is 1.73. The summed E-state index contributed by atoms with van der Waals surface area (Å²) in [5.41, 5.74) is 0. The van der Waals surface area contributed by atoms with E-state index in [1.54, 1.807) is 0 Å². The maximum absolute atomic E-state index is 12.0. The molecule has 2 heterocycles. The van der Waals surface area contributed by atoms with Crippen LogP contribution < -0.4 is 5.32 Å². The molecule has 2 rings (SSSR count). The molecule has 1 aliphatic rings. The summed E-state index contributed by atoms with van der Waals surface area (Å²) in [6.07, 6.45) is 2.40. The molecule has 0 spiro atoms. The number of aryl methyl sites for hydroxylation is 2. The van der Waals surface area contributed by atoms with E-state index in [0.717, 1.165) is 31.2 Å². The molecule has 1 aliphatic heterocycles. The third kappa shape index (κ3) is 3.60. The molecule has 1 unspecified atom stereocenters. The lowest BCUT2D eigenvalue weighted by Gasteiger charge is -2.20. The van der Waals surface area contributed by atoms with Crippen LogP contribution in [0.25, 0.3) is 0 Å². The van der Waals surface area contributed by atoms with Crippen LogP contribution in [0.5, 0.6) is 0 Å². The second-order valence-electron chi connectivity index (χ2n) is 5.15. The molecule has 1 fully saturated rings. The van der Waals surface area contributed by atoms with E-state index < -0.39 is 0 Å². The van der Waals surface area contributed by atoms with Crippen molar-refractivity contribution >= 4 is 5.91 Å². The van der Waals surface area contributed by atoms with Crippen LogP contribution in [0.3, 0.4) is 0 Å². The Hall–Kier alpha value is -1.29. The van der Waals surface area contributed by atoms with Crippen molar-refractivity contribution < 1.29 is 9.21 Å². The number of furan rings is 1. The van der Waals surface area contributed by atoms with Gasteiger partial charge in [-0.1, -0.05) is 0 Å². The zero-order valence-electron chi connectivity index (χ0n) is 11.2. The first-order valence-electron chi connectivity index (χ1n) is 6.65. The van der Waals surface area contributed by atoms with Gasteiger partial charge < -0.3 is 14.6 Å². The number of amides is 1. The number of nitrogens with zero attached hydrogens (tertiary/aromatic N) is 1. The van der Waals surface area contributed by atoms with Gasteiger partial charge in [0, 0.05) is 26.4 Å². The lowest BCUT2D eigenvalue weighted by Crippen LogP contribution is -2.32. The monoisotopic (exact) mass is 250 g/mol. The Bertz CT molecular complexity index is 394. The summed E-state index contributed by atoms with van der Waals surface area (Å²) in [5, 5.41) is 3.32. The van der Waals surface area contributed by atoms with Crippen LogP contribution in [0.1, 0.15) is 24.4 Å². The topological polar surface area (TPSA) is 45.5 Å². The molecule has 0 aromatic carbocycles. The fraction of sp³-hybridized carbons (Fsp3) is 0.643. The van der Waals surface area contributed by atoms with E-state index in [1.165, 1.54) is 6.42 Å². The Morgan fingerprint density at radius 1 is 1.56 bits per heavy atom. The average Bonchev–Trinajstić information content (AvgIpc) is 2.97. The summed E-state index contributed by atoms with van der Waals surface area (Å²) in [5.74, 6) is 2.63. The van der Waals surface area contributed by atoms with Gasteiger partial charge >= 0.3 is 0 Å². The highest BCUT2D eigenvalue weighted by molar-refractivity contribution is 5.76. The molecule has 0 saturated carbocycles. The molecule has 0 aliphatic carbocycles. The van der Waals surface area contributed by atoms with Crippen LogP contribution >= 0.6 is 0 Å². The van der Waals surface area contributed by atoms with Crippen molar-refractivity contribution in [2.75, 3.05) is 26.7 Å². The summed E-state index contributed by atoms with van der Waals surface area (Å²) in [4.78, 5) is 13.8. The Morgan fingerprint density at radius 2 is 2.39 bits per heavy atom. The molecule has 1 atom stereocenters. The Morgan fingerprint density at radius 3 is 3.00 bits per heavy atom. The number of nitrogens with one attached hydrogen (secondary N) is 1. The van der Waals surface area contributed by atoms with Gasteiger partial charge in [-0.25, -0.2) is 0 Å². The van der Waals surface area contributed by atoms with Crippen molar-refractivity contribution in [3.63, 3.8) is 0 Å². The van der Waals surface area contributed by atoms with Crippen LogP contribution in [0.2, 0.25) is 0 Å². The molecule has 1 saturated heterocycles. The Labute approximate surface area is 108 Å². The molecule has 18 heavy (non-hydrogen) atoms. The summed E-state index contributed by atoms with van der Waals surface area (Å²) >= 11 is 0. The molecule has 0 bridgehead atoms. The fourth-order valence-electron chi connectivity index (χ4n) is 2.40. The van der Waals surface area contributed by atoms with Crippen molar-refractivity contribution in [2.45, 2.75) is 26.2 Å². The summed E-state index contributed by atoms with van der Waals surface area (Å²) < 4.78 is 5.47. The highest BCUT2D eigenvalue weighted by Crippen LogP contribution is 2.12. The first-order valence-corrected chi connectivity index (χ1v) is 6.65. The van der Waals surface area contributed by atoms with Crippen LogP contribution in [0, 0.1) is 12.8 Å². The third-order valence-corrected chi connectivity index (χ3v) is 3.50. The van der Waals surface area contributed by atoms with Gasteiger partial charge in [0.05, 0.1) is 0 Å². The quantitative estimate of drug-likeness (QED) is 0.863. The largest absolute Gasteiger partial charge is 0.466 e. The molecule has 100 valence electrons. The lowest BCUT2D eigenvalue weighted by molar-refractivity contribution is -0.130. The fourth-order valence-corrected chi connectivity index (χ4v) is 2.40. The van der Waals surface area contributed by atoms with E-state index in [4.69, 9.17) is 4.42 Å². The average molecular weight is 250 g/mol. The van der Waals surface area contributed by atoms with Gasteiger partial charge in [0.2, 0.25) is 5.91 Å². The van der Waals surface area contributed by atoms with Crippen molar-refractivity contribution in [2.24, 2.45) is 5.92 Å². The number of hydrogen-bond acceptors (Lipinski definition) is 3. The van der Waals surface area contributed by atoms with Gasteiger partial charge in [0.25, 0.3) is 0 Å². The zero-order chi connectivity index (χ0) is 13.0. The second-order valence-corrected chi connectivity index (χ2v) is 5.15. The number of rotatable bonds is 5. The predicted octanol–water partition coefficient (Wildman–Crippen LogP) is 1.59. The SMILES string of the molecule is Cc1ccc(CCC(=O)N(C)CC2CCNC2)o1. The van der Waals surface area contributed by atoms with E-state index in [2.05, 4.69) is 5.32 Å². The van der Waals surface area contributed by atoms with Gasteiger partial charge in [-0.3, -0.25) is 4.79 Å². The van der Waals surface area contributed by atoms with Crippen molar-refractivity contribution in [3.8, 4) is 0 Å². The maximum atomic E-state index is 12.0. The first-order chi connectivity index (χ1) is 8.65. The number of carbonyl (C=O) groups excluding carboxylic acids is 1. The lowest BCUT2D eigenvalue weighted by atomic mass is 10.1. The minimum atomic E-state index is 0.205. The molecule has 0 radical (unpaired) electrons. The first kappa shape index (κ1) is 13.1.